The Hall–Kier alpha value is -1.79. The van der Waals surface area contributed by atoms with E-state index in [0.717, 1.165) is 6.42 Å². The van der Waals surface area contributed by atoms with Crippen LogP contribution in [0.2, 0.25) is 20.1 Å². The average Bonchev–Trinajstić information content (AvgIpc) is 3.20. The summed E-state index contributed by atoms with van der Waals surface area (Å²) in [6.45, 7) is 0.403. The molecule has 1 aromatic heterocycles. The maximum Gasteiger partial charge on any atom is 0.187 e. The van der Waals surface area contributed by atoms with Gasteiger partial charge in [-0.2, -0.15) is 5.10 Å². The topological polar surface area (TPSA) is 57.0 Å². The maximum absolute atomic E-state index is 13.0. The highest BCUT2D eigenvalue weighted by Crippen LogP contribution is 2.36. The summed E-state index contributed by atoms with van der Waals surface area (Å²) in [6.07, 6.45) is 4.97. The summed E-state index contributed by atoms with van der Waals surface area (Å²) >= 11 is 24.1. The van der Waals surface area contributed by atoms with Crippen LogP contribution in [0.3, 0.4) is 0 Å². The molecule has 152 valence electrons. The summed E-state index contributed by atoms with van der Waals surface area (Å²) in [5.41, 5.74) is 0.575. The van der Waals surface area contributed by atoms with Crippen molar-refractivity contribution in [1.29, 1.82) is 0 Å². The van der Waals surface area contributed by atoms with Crippen molar-refractivity contribution in [3.05, 3.63) is 74.7 Å². The predicted molar refractivity (Wildman–Crippen MR) is 116 cm³/mol. The van der Waals surface area contributed by atoms with Crippen molar-refractivity contribution in [3.63, 3.8) is 0 Å². The van der Waals surface area contributed by atoms with E-state index >= 15 is 0 Å². The molecule has 3 rings (SSSR count). The normalized spacial score (nSPS) is 12.0. The Morgan fingerprint density at radius 1 is 1.00 bits per heavy atom. The van der Waals surface area contributed by atoms with Crippen molar-refractivity contribution in [2.75, 3.05) is 6.61 Å². The largest absolute Gasteiger partial charge is 0.490 e. The number of carbonyl (C=O) groups excluding carboxylic acids is 1. The van der Waals surface area contributed by atoms with E-state index in [1.165, 1.54) is 6.33 Å². The van der Waals surface area contributed by atoms with E-state index in [1.807, 2.05) is 0 Å². The molecule has 0 fully saturated rings. The lowest BCUT2D eigenvalue weighted by atomic mass is 9.99. The number of hydrogen-bond acceptors (Lipinski definition) is 4. The molecule has 0 amide bonds. The average molecular weight is 473 g/mol. The van der Waals surface area contributed by atoms with E-state index < -0.39 is 6.04 Å². The number of benzene rings is 2. The highest BCUT2D eigenvalue weighted by Gasteiger charge is 2.22. The number of ketones is 1. The van der Waals surface area contributed by atoms with Crippen molar-refractivity contribution in [1.82, 2.24) is 14.8 Å². The minimum atomic E-state index is -0.457. The van der Waals surface area contributed by atoms with Gasteiger partial charge in [-0.3, -0.25) is 4.79 Å². The van der Waals surface area contributed by atoms with Crippen LogP contribution in [0.1, 0.15) is 35.7 Å². The van der Waals surface area contributed by atoms with E-state index in [2.05, 4.69) is 10.1 Å². The Morgan fingerprint density at radius 3 is 2.31 bits per heavy atom. The van der Waals surface area contributed by atoms with Crippen molar-refractivity contribution >= 4 is 52.2 Å². The van der Waals surface area contributed by atoms with Gasteiger partial charge in [0.05, 0.1) is 16.7 Å². The second-order valence-electron chi connectivity index (χ2n) is 6.31. The smallest absolute Gasteiger partial charge is 0.187 e. The first-order valence-electron chi connectivity index (χ1n) is 8.87. The maximum atomic E-state index is 13.0. The van der Waals surface area contributed by atoms with Crippen molar-refractivity contribution < 1.29 is 9.53 Å². The van der Waals surface area contributed by atoms with Crippen LogP contribution in [0.15, 0.2) is 49.1 Å². The summed E-state index contributed by atoms with van der Waals surface area (Å²) < 4.78 is 7.27. The first-order chi connectivity index (χ1) is 14.0. The van der Waals surface area contributed by atoms with Crippen molar-refractivity contribution in [2.24, 2.45) is 0 Å². The summed E-state index contributed by atoms with van der Waals surface area (Å²) in [4.78, 5) is 16.9. The van der Waals surface area contributed by atoms with Crippen LogP contribution in [0.25, 0.3) is 0 Å². The number of aromatic nitrogens is 3. The van der Waals surface area contributed by atoms with Crippen LogP contribution in [0, 0.1) is 0 Å². The Labute approximate surface area is 188 Å². The molecular formula is C20H17Cl4N3O2. The van der Waals surface area contributed by atoms with Gasteiger partial charge < -0.3 is 4.74 Å². The lowest BCUT2D eigenvalue weighted by Gasteiger charge is -2.16. The molecule has 1 atom stereocenters. The molecule has 2 aromatic carbocycles. The van der Waals surface area contributed by atoms with Crippen LogP contribution >= 0.6 is 46.4 Å². The van der Waals surface area contributed by atoms with Gasteiger partial charge in [0.15, 0.2) is 11.5 Å². The van der Waals surface area contributed by atoms with E-state index in [4.69, 9.17) is 51.1 Å². The highest BCUT2D eigenvalue weighted by molar-refractivity contribution is 6.40. The second kappa shape index (κ2) is 10.3. The molecule has 0 aliphatic rings. The van der Waals surface area contributed by atoms with Gasteiger partial charge in [-0.15, -0.1) is 0 Å². The summed E-state index contributed by atoms with van der Waals surface area (Å²) in [6, 6.07) is 9.51. The fraction of sp³-hybridized carbons (Fsp3) is 0.250. The number of nitrogens with zero attached hydrogens (tertiary/aromatic N) is 3. The lowest BCUT2D eigenvalue weighted by molar-refractivity contribution is 0.0907. The Morgan fingerprint density at radius 2 is 1.69 bits per heavy atom. The number of hydrogen-bond donors (Lipinski definition) is 0. The highest BCUT2D eigenvalue weighted by atomic mass is 35.5. The molecule has 29 heavy (non-hydrogen) atoms. The van der Waals surface area contributed by atoms with Crippen LogP contribution < -0.4 is 4.74 Å². The number of unbranched alkanes of at least 4 members (excludes halogenated alkanes) is 1. The zero-order chi connectivity index (χ0) is 20.8. The zero-order valence-corrected chi connectivity index (χ0v) is 18.2. The van der Waals surface area contributed by atoms with Gasteiger partial charge in [0.2, 0.25) is 0 Å². The first kappa shape index (κ1) is 21.9. The van der Waals surface area contributed by atoms with Crippen molar-refractivity contribution in [2.45, 2.75) is 25.3 Å². The molecular weight excluding hydrogens is 456 g/mol. The molecule has 5 nitrogen and oxygen atoms in total. The van der Waals surface area contributed by atoms with Crippen LogP contribution in [0.4, 0.5) is 0 Å². The molecule has 0 spiro atoms. The van der Waals surface area contributed by atoms with Gasteiger partial charge in [-0.05, 0) is 55.7 Å². The van der Waals surface area contributed by atoms with E-state index in [1.54, 1.807) is 47.4 Å². The quantitative estimate of drug-likeness (QED) is 0.261. The molecule has 1 unspecified atom stereocenters. The third-order valence-corrected chi connectivity index (χ3v) is 5.30. The Balaban J connectivity index is 1.58. The summed E-state index contributed by atoms with van der Waals surface area (Å²) in [5.74, 6) is 0.361. The standard InChI is InChI=1S/C20H17Cl4N3O2/c21-14-6-4-13(5-7-14)19(28)18(27-12-25-11-26-27)3-1-2-8-29-20-16(23)9-15(22)10-17(20)24/h4-7,9-12,18H,1-3,8H2. The third-order valence-electron chi connectivity index (χ3n) is 4.27. The monoisotopic (exact) mass is 471 g/mol. The number of ether oxygens (including phenoxy) is 1. The molecule has 0 saturated heterocycles. The number of carbonyl (C=O) groups is 1. The first-order valence-corrected chi connectivity index (χ1v) is 10.4. The van der Waals surface area contributed by atoms with E-state index in [9.17, 15) is 4.79 Å². The van der Waals surface area contributed by atoms with Crippen LogP contribution in [-0.2, 0) is 0 Å². The Kier molecular flexibility index (Phi) is 7.78. The number of rotatable bonds is 9. The molecule has 0 aliphatic carbocycles. The van der Waals surface area contributed by atoms with Gasteiger partial charge in [-0.1, -0.05) is 46.4 Å². The van der Waals surface area contributed by atoms with Gasteiger partial charge in [0.25, 0.3) is 0 Å². The molecule has 9 heteroatoms. The molecule has 0 radical (unpaired) electrons. The molecule has 0 bridgehead atoms. The molecule has 1 heterocycles. The number of halogens is 4. The van der Waals surface area contributed by atoms with E-state index in [-0.39, 0.29) is 5.78 Å². The minimum absolute atomic E-state index is 0.0446. The number of Topliss-reactive ketones (excluding diaryl/α,β-unsaturated/α-hetero) is 1. The second-order valence-corrected chi connectivity index (χ2v) is 7.99. The molecule has 3 aromatic rings. The third kappa shape index (κ3) is 5.86. The SMILES string of the molecule is O=C(c1ccc(Cl)cc1)C(CCCCOc1c(Cl)cc(Cl)cc1Cl)n1cncn1. The summed E-state index contributed by atoms with van der Waals surface area (Å²) in [5, 5.41) is 5.89. The Bertz CT molecular complexity index is 939. The van der Waals surface area contributed by atoms with Crippen molar-refractivity contribution in [3.8, 4) is 5.75 Å². The van der Waals surface area contributed by atoms with E-state index in [0.29, 0.717) is 50.9 Å². The van der Waals surface area contributed by atoms with Gasteiger partial charge in [0.1, 0.15) is 18.7 Å². The fourth-order valence-electron chi connectivity index (χ4n) is 2.85. The fourth-order valence-corrected chi connectivity index (χ4v) is 3.90. The van der Waals surface area contributed by atoms with Crippen LogP contribution in [0.5, 0.6) is 5.75 Å². The van der Waals surface area contributed by atoms with Gasteiger partial charge in [0, 0.05) is 15.6 Å². The minimum Gasteiger partial charge on any atom is -0.490 e. The summed E-state index contributed by atoms with van der Waals surface area (Å²) in [7, 11) is 0. The molecule has 0 N–H and O–H groups in total. The molecule has 0 saturated carbocycles. The van der Waals surface area contributed by atoms with Crippen LogP contribution in [-0.4, -0.2) is 27.2 Å². The van der Waals surface area contributed by atoms with Gasteiger partial charge >= 0.3 is 0 Å². The lowest BCUT2D eigenvalue weighted by Crippen LogP contribution is -2.20. The zero-order valence-electron chi connectivity index (χ0n) is 15.2. The van der Waals surface area contributed by atoms with Gasteiger partial charge in [-0.25, -0.2) is 9.67 Å². The predicted octanol–water partition coefficient (Wildman–Crippen LogP) is 6.57. The molecule has 0 aliphatic heterocycles.